The monoisotopic (exact) mass is 293 g/mol. The van der Waals surface area contributed by atoms with Gasteiger partial charge in [0, 0.05) is 11.1 Å². The summed E-state index contributed by atoms with van der Waals surface area (Å²) in [6, 6.07) is 1.98. The topological polar surface area (TPSA) is 77.4 Å². The standard InChI is InChI=1S/C15H19NO5/c1-8-5-9(2)14(10(3)13(8)11(4)16-18)19-6-12-7-20-15(17)21-12/h5,12,18H,6-7H2,1-4H3/b16-11+. The van der Waals surface area contributed by atoms with Crippen molar-refractivity contribution in [3.63, 3.8) is 0 Å². The second kappa shape index (κ2) is 6.03. The first-order chi connectivity index (χ1) is 9.93. The van der Waals surface area contributed by atoms with Gasteiger partial charge in [0.25, 0.3) is 0 Å². The van der Waals surface area contributed by atoms with Crippen LogP contribution in [0.25, 0.3) is 0 Å². The summed E-state index contributed by atoms with van der Waals surface area (Å²) in [4.78, 5) is 10.9. The third-order valence-electron chi connectivity index (χ3n) is 3.48. The molecule has 1 fully saturated rings. The van der Waals surface area contributed by atoms with Crippen LogP contribution in [0.3, 0.4) is 0 Å². The molecule has 1 unspecified atom stereocenters. The molecule has 2 rings (SSSR count). The van der Waals surface area contributed by atoms with E-state index in [-0.39, 0.29) is 13.2 Å². The summed E-state index contributed by atoms with van der Waals surface area (Å²) in [5.74, 6) is 0.710. The van der Waals surface area contributed by atoms with Gasteiger partial charge in [0.1, 0.15) is 19.0 Å². The molecule has 6 nitrogen and oxygen atoms in total. The van der Waals surface area contributed by atoms with Gasteiger partial charge in [-0.3, -0.25) is 0 Å². The van der Waals surface area contributed by atoms with Gasteiger partial charge in [0.05, 0.1) is 5.71 Å². The lowest BCUT2D eigenvalue weighted by Gasteiger charge is -2.18. The van der Waals surface area contributed by atoms with E-state index in [1.807, 2.05) is 26.8 Å². The first-order valence-electron chi connectivity index (χ1n) is 6.70. The largest absolute Gasteiger partial charge is 0.508 e. The molecule has 6 heteroatoms. The molecule has 21 heavy (non-hydrogen) atoms. The van der Waals surface area contributed by atoms with Crippen molar-refractivity contribution in [1.29, 1.82) is 0 Å². The summed E-state index contributed by atoms with van der Waals surface area (Å²) in [7, 11) is 0. The van der Waals surface area contributed by atoms with Crippen molar-refractivity contribution >= 4 is 11.9 Å². The number of nitrogens with zero attached hydrogens (tertiary/aromatic N) is 1. The lowest BCUT2D eigenvalue weighted by atomic mass is 9.95. The van der Waals surface area contributed by atoms with Crippen LogP contribution < -0.4 is 4.74 Å². The molecule has 1 N–H and O–H groups in total. The van der Waals surface area contributed by atoms with E-state index in [1.165, 1.54) is 0 Å². The predicted octanol–water partition coefficient (Wildman–Crippen LogP) is 2.72. The normalized spacial score (nSPS) is 18.4. The van der Waals surface area contributed by atoms with Crippen molar-refractivity contribution in [2.45, 2.75) is 33.8 Å². The van der Waals surface area contributed by atoms with Crippen molar-refractivity contribution < 1.29 is 24.2 Å². The number of benzene rings is 1. The number of carbonyl (C=O) groups excluding carboxylic acids is 1. The van der Waals surface area contributed by atoms with Gasteiger partial charge >= 0.3 is 6.16 Å². The lowest BCUT2D eigenvalue weighted by Crippen LogP contribution is -2.21. The van der Waals surface area contributed by atoms with Gasteiger partial charge in [-0.05, 0) is 38.8 Å². The zero-order chi connectivity index (χ0) is 15.6. The Balaban J connectivity index is 2.24. The third kappa shape index (κ3) is 3.09. The van der Waals surface area contributed by atoms with Gasteiger partial charge in [-0.2, -0.15) is 0 Å². The maximum Gasteiger partial charge on any atom is 0.508 e. The first kappa shape index (κ1) is 15.2. The summed E-state index contributed by atoms with van der Waals surface area (Å²) < 4.78 is 15.5. The highest BCUT2D eigenvalue weighted by atomic mass is 16.8. The Bertz CT molecular complexity index is 594. The van der Waals surface area contributed by atoms with Gasteiger partial charge in [-0.1, -0.05) is 11.2 Å². The van der Waals surface area contributed by atoms with Crippen LogP contribution in [0.2, 0.25) is 0 Å². The van der Waals surface area contributed by atoms with Crippen LogP contribution in [0.1, 0.15) is 29.2 Å². The number of oxime groups is 1. The highest BCUT2D eigenvalue weighted by molar-refractivity contribution is 6.01. The Kier molecular flexibility index (Phi) is 4.35. The zero-order valence-corrected chi connectivity index (χ0v) is 12.6. The molecule has 0 amide bonds. The molecule has 0 aliphatic carbocycles. The van der Waals surface area contributed by atoms with E-state index in [9.17, 15) is 4.79 Å². The molecule has 0 saturated carbocycles. The van der Waals surface area contributed by atoms with E-state index in [2.05, 4.69) is 5.16 Å². The molecule has 114 valence electrons. The third-order valence-corrected chi connectivity index (χ3v) is 3.48. The Labute approximate surface area is 123 Å². The fourth-order valence-corrected chi connectivity index (χ4v) is 2.62. The van der Waals surface area contributed by atoms with Gasteiger partial charge in [0.2, 0.25) is 0 Å². The SMILES string of the molecule is C/C(=N\O)c1c(C)cc(C)c(OCC2COC(=O)O2)c1C. The van der Waals surface area contributed by atoms with Crippen molar-refractivity contribution in [2.24, 2.45) is 5.16 Å². The average molecular weight is 293 g/mol. The van der Waals surface area contributed by atoms with Crippen molar-refractivity contribution in [1.82, 2.24) is 0 Å². The zero-order valence-electron chi connectivity index (χ0n) is 12.6. The number of carbonyl (C=O) groups is 1. The molecule has 1 aliphatic heterocycles. The Morgan fingerprint density at radius 3 is 2.71 bits per heavy atom. The van der Waals surface area contributed by atoms with Crippen LogP contribution in [-0.2, 0) is 9.47 Å². The quantitative estimate of drug-likeness (QED) is 0.400. The molecule has 1 saturated heterocycles. The molecule has 0 spiro atoms. The molecule has 1 heterocycles. The second-order valence-electron chi connectivity index (χ2n) is 5.14. The van der Waals surface area contributed by atoms with Gasteiger partial charge in [-0.25, -0.2) is 4.79 Å². The minimum atomic E-state index is -0.662. The fraction of sp³-hybridized carbons (Fsp3) is 0.467. The number of hydrogen-bond acceptors (Lipinski definition) is 6. The predicted molar refractivity (Wildman–Crippen MR) is 76.4 cm³/mol. The van der Waals surface area contributed by atoms with E-state index in [0.717, 1.165) is 22.3 Å². The molecule has 0 bridgehead atoms. The number of ether oxygens (including phenoxy) is 3. The highest BCUT2D eigenvalue weighted by Crippen LogP contribution is 2.30. The second-order valence-corrected chi connectivity index (χ2v) is 5.14. The van der Waals surface area contributed by atoms with Crippen LogP contribution in [0.15, 0.2) is 11.2 Å². The van der Waals surface area contributed by atoms with E-state index in [0.29, 0.717) is 11.5 Å². The molecule has 0 aromatic heterocycles. The molecule has 1 aliphatic rings. The van der Waals surface area contributed by atoms with E-state index in [1.54, 1.807) is 6.92 Å². The molecule has 1 atom stereocenters. The van der Waals surface area contributed by atoms with E-state index in [4.69, 9.17) is 19.4 Å². The highest BCUT2D eigenvalue weighted by Gasteiger charge is 2.26. The maximum absolute atomic E-state index is 10.9. The van der Waals surface area contributed by atoms with Gasteiger partial charge < -0.3 is 19.4 Å². The fourth-order valence-electron chi connectivity index (χ4n) is 2.62. The van der Waals surface area contributed by atoms with E-state index < -0.39 is 12.3 Å². The average Bonchev–Trinajstić information content (AvgIpc) is 2.83. The Morgan fingerprint density at radius 2 is 2.14 bits per heavy atom. The molecule has 1 aromatic carbocycles. The number of rotatable bonds is 4. The van der Waals surface area contributed by atoms with E-state index >= 15 is 0 Å². The summed E-state index contributed by atoms with van der Waals surface area (Å²) in [5, 5.41) is 12.3. The lowest BCUT2D eigenvalue weighted by molar-refractivity contribution is 0.0980. The van der Waals surface area contributed by atoms with Crippen LogP contribution in [0.5, 0.6) is 5.75 Å². The van der Waals surface area contributed by atoms with Gasteiger partial charge in [-0.15, -0.1) is 0 Å². The summed E-state index contributed by atoms with van der Waals surface area (Å²) in [6.07, 6.45) is -1.06. The smallest absolute Gasteiger partial charge is 0.489 e. The Hall–Kier alpha value is -2.24. The van der Waals surface area contributed by atoms with Crippen molar-refractivity contribution in [3.05, 3.63) is 28.3 Å². The molecular weight excluding hydrogens is 274 g/mol. The minimum absolute atomic E-state index is 0.201. The first-order valence-corrected chi connectivity index (χ1v) is 6.70. The minimum Gasteiger partial charge on any atom is -0.489 e. The summed E-state index contributed by atoms with van der Waals surface area (Å²) in [5.41, 5.74) is 4.28. The van der Waals surface area contributed by atoms with Crippen LogP contribution in [0, 0.1) is 20.8 Å². The van der Waals surface area contributed by atoms with Gasteiger partial charge in [0.15, 0.2) is 6.10 Å². The summed E-state index contributed by atoms with van der Waals surface area (Å²) in [6.45, 7) is 7.98. The molecule has 1 aromatic rings. The van der Waals surface area contributed by atoms with Crippen LogP contribution in [-0.4, -0.2) is 36.4 Å². The summed E-state index contributed by atoms with van der Waals surface area (Å²) >= 11 is 0. The maximum atomic E-state index is 10.9. The molecule has 0 radical (unpaired) electrons. The van der Waals surface area contributed by atoms with Crippen LogP contribution >= 0.6 is 0 Å². The number of cyclic esters (lactones) is 2. The van der Waals surface area contributed by atoms with Crippen LogP contribution in [0.4, 0.5) is 4.79 Å². The van der Waals surface area contributed by atoms with Crippen molar-refractivity contribution in [3.8, 4) is 5.75 Å². The number of aryl methyl sites for hydroxylation is 2. The molecular formula is C15H19NO5. The number of hydrogen-bond donors (Lipinski definition) is 1. The van der Waals surface area contributed by atoms with Crippen molar-refractivity contribution in [2.75, 3.05) is 13.2 Å². The Morgan fingerprint density at radius 1 is 1.43 bits per heavy atom.